The summed E-state index contributed by atoms with van der Waals surface area (Å²) in [5.41, 5.74) is 1.36. The molecule has 112 valence electrons. The Labute approximate surface area is 135 Å². The molecule has 1 N–H and O–H groups in total. The summed E-state index contributed by atoms with van der Waals surface area (Å²) < 4.78 is 1.17. The number of nitrogens with zero attached hydrogens (tertiary/aromatic N) is 1. The summed E-state index contributed by atoms with van der Waals surface area (Å²) in [5.74, 6) is 0.654. The second kappa shape index (κ2) is 5.98. The maximum atomic E-state index is 3.68. The normalized spacial score (nSPS) is 23.0. The van der Waals surface area contributed by atoms with Crippen molar-refractivity contribution in [2.24, 2.45) is 5.92 Å². The van der Waals surface area contributed by atoms with E-state index in [0.29, 0.717) is 18.0 Å². The van der Waals surface area contributed by atoms with Crippen LogP contribution < -0.4 is 10.2 Å². The molecule has 0 saturated carbocycles. The Morgan fingerprint density at radius 3 is 2.57 bits per heavy atom. The molecule has 1 saturated heterocycles. The molecule has 0 aliphatic carbocycles. The van der Waals surface area contributed by atoms with Crippen LogP contribution in [0.25, 0.3) is 10.8 Å². The van der Waals surface area contributed by atoms with Gasteiger partial charge in [0.1, 0.15) is 0 Å². The molecule has 1 aliphatic heterocycles. The summed E-state index contributed by atoms with van der Waals surface area (Å²) in [6.07, 6.45) is 0. The lowest BCUT2D eigenvalue weighted by Crippen LogP contribution is -2.57. The molecule has 3 heteroatoms. The predicted octanol–water partition coefficient (Wildman–Crippen LogP) is 4.43. The summed E-state index contributed by atoms with van der Waals surface area (Å²) >= 11 is 3.67. The Hall–Kier alpha value is -1.06. The highest BCUT2D eigenvalue weighted by molar-refractivity contribution is 9.10. The monoisotopic (exact) mass is 346 g/mol. The number of halogens is 1. The van der Waals surface area contributed by atoms with Crippen molar-refractivity contribution in [3.05, 3.63) is 40.9 Å². The van der Waals surface area contributed by atoms with E-state index < -0.39 is 0 Å². The molecular formula is C18H23BrN2. The van der Waals surface area contributed by atoms with Crippen molar-refractivity contribution in [3.8, 4) is 0 Å². The van der Waals surface area contributed by atoms with Gasteiger partial charge < -0.3 is 10.2 Å². The van der Waals surface area contributed by atoms with E-state index in [1.54, 1.807) is 0 Å². The summed E-state index contributed by atoms with van der Waals surface area (Å²) in [4.78, 5) is 2.57. The molecule has 21 heavy (non-hydrogen) atoms. The van der Waals surface area contributed by atoms with Gasteiger partial charge in [-0.1, -0.05) is 54.0 Å². The molecule has 2 atom stereocenters. The van der Waals surface area contributed by atoms with E-state index in [1.807, 2.05) is 0 Å². The lowest BCUT2D eigenvalue weighted by Gasteiger charge is -2.42. The maximum Gasteiger partial charge on any atom is 0.0450 e. The minimum atomic E-state index is 0.518. The van der Waals surface area contributed by atoms with E-state index in [1.165, 1.54) is 20.9 Å². The first kappa shape index (κ1) is 14.9. The van der Waals surface area contributed by atoms with E-state index in [2.05, 4.69) is 83.3 Å². The van der Waals surface area contributed by atoms with E-state index in [9.17, 15) is 0 Å². The summed E-state index contributed by atoms with van der Waals surface area (Å²) in [7, 11) is 0. The average molecular weight is 347 g/mol. The molecule has 2 aromatic rings. The molecule has 0 bridgehead atoms. The molecule has 2 aromatic carbocycles. The van der Waals surface area contributed by atoms with Gasteiger partial charge in [-0.25, -0.2) is 0 Å². The van der Waals surface area contributed by atoms with Gasteiger partial charge in [0, 0.05) is 40.7 Å². The van der Waals surface area contributed by atoms with Crippen molar-refractivity contribution in [3.63, 3.8) is 0 Å². The van der Waals surface area contributed by atoms with E-state index in [-0.39, 0.29) is 0 Å². The van der Waals surface area contributed by atoms with Gasteiger partial charge in [0.05, 0.1) is 0 Å². The lowest BCUT2D eigenvalue weighted by molar-refractivity contribution is 0.337. The molecule has 1 fully saturated rings. The summed E-state index contributed by atoms with van der Waals surface area (Å²) in [6.45, 7) is 9.02. The topological polar surface area (TPSA) is 15.3 Å². The second-order valence-electron chi connectivity index (χ2n) is 6.37. The zero-order valence-corrected chi connectivity index (χ0v) is 14.5. The summed E-state index contributed by atoms with van der Waals surface area (Å²) in [6, 6.07) is 14.2. The van der Waals surface area contributed by atoms with Crippen LogP contribution in [0.5, 0.6) is 0 Å². The number of hydrogen-bond acceptors (Lipinski definition) is 2. The standard InChI is InChI=1S/C18H23BrN2/c1-12(2)17-11-21(13(3)10-20-17)18-9-8-16(19)14-6-4-5-7-15(14)18/h4-9,12-13,17,20H,10-11H2,1-3H3. The fraction of sp³-hybridized carbons (Fsp3) is 0.444. The van der Waals surface area contributed by atoms with Gasteiger partial charge in [0.2, 0.25) is 0 Å². The quantitative estimate of drug-likeness (QED) is 0.865. The van der Waals surface area contributed by atoms with Crippen molar-refractivity contribution in [1.29, 1.82) is 0 Å². The molecule has 0 spiro atoms. The molecule has 0 radical (unpaired) electrons. The minimum Gasteiger partial charge on any atom is -0.365 e. The van der Waals surface area contributed by atoms with Crippen molar-refractivity contribution in [2.45, 2.75) is 32.9 Å². The van der Waals surface area contributed by atoms with Crippen LogP contribution in [-0.4, -0.2) is 25.2 Å². The third-order valence-corrected chi connectivity index (χ3v) is 5.25. The lowest BCUT2D eigenvalue weighted by atomic mass is 9.98. The van der Waals surface area contributed by atoms with Gasteiger partial charge in [-0.05, 0) is 30.4 Å². The smallest absolute Gasteiger partial charge is 0.0450 e. The number of hydrogen-bond donors (Lipinski definition) is 1. The molecule has 1 heterocycles. The van der Waals surface area contributed by atoms with Crippen molar-refractivity contribution >= 4 is 32.4 Å². The fourth-order valence-corrected chi connectivity index (χ4v) is 3.65. The van der Waals surface area contributed by atoms with Crippen LogP contribution in [0.2, 0.25) is 0 Å². The van der Waals surface area contributed by atoms with Crippen molar-refractivity contribution in [2.75, 3.05) is 18.0 Å². The molecule has 3 rings (SSSR count). The van der Waals surface area contributed by atoms with Crippen LogP contribution in [-0.2, 0) is 0 Å². The van der Waals surface area contributed by atoms with Crippen LogP contribution in [0.15, 0.2) is 40.9 Å². The first-order chi connectivity index (χ1) is 10.1. The molecular weight excluding hydrogens is 324 g/mol. The van der Waals surface area contributed by atoms with Gasteiger partial charge in [-0.2, -0.15) is 0 Å². The third kappa shape index (κ3) is 2.82. The molecule has 2 nitrogen and oxygen atoms in total. The first-order valence-corrected chi connectivity index (χ1v) is 8.54. The van der Waals surface area contributed by atoms with Crippen LogP contribution in [0.3, 0.4) is 0 Å². The molecule has 1 aliphatic rings. The van der Waals surface area contributed by atoms with Crippen molar-refractivity contribution in [1.82, 2.24) is 5.32 Å². The molecule has 2 unspecified atom stereocenters. The zero-order chi connectivity index (χ0) is 15.0. The van der Waals surface area contributed by atoms with Gasteiger partial charge >= 0.3 is 0 Å². The van der Waals surface area contributed by atoms with Crippen molar-refractivity contribution < 1.29 is 0 Å². The van der Waals surface area contributed by atoms with Crippen LogP contribution >= 0.6 is 15.9 Å². The van der Waals surface area contributed by atoms with E-state index in [4.69, 9.17) is 0 Å². The van der Waals surface area contributed by atoms with Crippen LogP contribution in [0, 0.1) is 5.92 Å². The number of rotatable bonds is 2. The van der Waals surface area contributed by atoms with E-state index >= 15 is 0 Å². The Balaban J connectivity index is 2.04. The van der Waals surface area contributed by atoms with Crippen LogP contribution in [0.1, 0.15) is 20.8 Å². The minimum absolute atomic E-state index is 0.518. The highest BCUT2D eigenvalue weighted by Crippen LogP contribution is 2.34. The Kier molecular flexibility index (Phi) is 4.23. The van der Waals surface area contributed by atoms with Gasteiger partial charge in [0.15, 0.2) is 0 Å². The Bertz CT molecular complexity index is 638. The number of anilines is 1. The molecule has 0 aromatic heterocycles. The SMILES string of the molecule is CC(C)C1CN(c2ccc(Br)c3ccccc23)C(C)CN1. The number of fused-ring (bicyclic) bond motifs is 1. The van der Waals surface area contributed by atoms with Gasteiger partial charge in [-0.15, -0.1) is 0 Å². The average Bonchev–Trinajstić information content (AvgIpc) is 2.49. The highest BCUT2D eigenvalue weighted by atomic mass is 79.9. The third-order valence-electron chi connectivity index (χ3n) is 4.56. The van der Waals surface area contributed by atoms with Gasteiger partial charge in [-0.3, -0.25) is 0 Å². The second-order valence-corrected chi connectivity index (χ2v) is 7.23. The maximum absolute atomic E-state index is 3.68. The zero-order valence-electron chi connectivity index (χ0n) is 12.9. The number of nitrogens with one attached hydrogen (secondary N) is 1. The Morgan fingerprint density at radius 1 is 1.14 bits per heavy atom. The van der Waals surface area contributed by atoms with Gasteiger partial charge in [0.25, 0.3) is 0 Å². The van der Waals surface area contributed by atoms with E-state index in [0.717, 1.165) is 13.1 Å². The summed E-state index contributed by atoms with van der Waals surface area (Å²) in [5, 5.41) is 6.31. The predicted molar refractivity (Wildman–Crippen MR) is 95.1 cm³/mol. The number of benzene rings is 2. The molecule has 0 amide bonds. The first-order valence-electron chi connectivity index (χ1n) is 7.75. The largest absolute Gasteiger partial charge is 0.365 e. The van der Waals surface area contributed by atoms with Crippen LogP contribution in [0.4, 0.5) is 5.69 Å². The highest BCUT2D eigenvalue weighted by Gasteiger charge is 2.27. The number of piperazine rings is 1. The Morgan fingerprint density at radius 2 is 1.86 bits per heavy atom. The fourth-order valence-electron chi connectivity index (χ4n) is 3.17.